The third-order valence-corrected chi connectivity index (χ3v) is 15.0. The smallest absolute Gasteiger partial charge is 0.116 e. The predicted molar refractivity (Wildman–Crippen MR) is 260 cm³/mol. The molecule has 11 aromatic rings. The second-order valence-corrected chi connectivity index (χ2v) is 18.1. The zero-order valence-electron chi connectivity index (χ0n) is 32.8. The van der Waals surface area contributed by atoms with E-state index in [0.717, 1.165) is 65.7 Å². The van der Waals surface area contributed by atoms with Crippen molar-refractivity contribution >= 4 is 112 Å². The largest absolute Gasteiger partial charge is 0.333 e. The summed E-state index contributed by atoms with van der Waals surface area (Å²) >= 11 is 4.24. The molecule has 10 heteroatoms. The highest BCUT2D eigenvalue weighted by atomic mass is 32.1. The Morgan fingerprint density at radius 3 is 1.92 bits per heavy atom. The van der Waals surface area contributed by atoms with Crippen LogP contribution in [0.1, 0.15) is 11.5 Å². The maximum Gasteiger partial charge on any atom is 0.116 e. The van der Waals surface area contributed by atoms with Gasteiger partial charge in [0.1, 0.15) is 27.4 Å². The molecule has 0 radical (unpaired) electrons. The predicted octanol–water partition coefficient (Wildman–Crippen LogP) is 14.7. The molecule has 0 N–H and O–H groups in total. The topological polar surface area (TPSA) is 63.6 Å². The van der Waals surface area contributed by atoms with Crippen LogP contribution in [0, 0.1) is 0 Å². The number of thiophene rings is 1. The quantitative estimate of drug-likeness (QED) is 0.173. The first-order chi connectivity index (χ1) is 30.8. The molecule has 2 atom stereocenters. The number of para-hydroxylation sites is 3. The van der Waals surface area contributed by atoms with Crippen molar-refractivity contribution in [2.24, 2.45) is 8.73 Å². The van der Waals surface area contributed by atoms with Crippen LogP contribution in [0.4, 0.5) is 22.7 Å². The lowest BCUT2D eigenvalue weighted by Crippen LogP contribution is -2.28. The molecule has 3 aliphatic rings. The molecule has 292 valence electrons. The van der Waals surface area contributed by atoms with Crippen LogP contribution < -0.4 is 4.90 Å². The van der Waals surface area contributed by atoms with Crippen LogP contribution in [0.25, 0.3) is 86.9 Å². The fourth-order valence-electron chi connectivity index (χ4n) is 10.3. The standard InChI is InChI=1S/C52H31N7S3/c1-2-12-30(13-3-1)47-49-51(55-61-53-49)48(52-50(47)54-62-56-52)45-26-27-46(60-45)59-43-24-22-31(57-39-18-8-4-14-33(39)34-15-5-9-19-40(34)57)28-37(43)38-29-32(23-25-44(38)59)58-41-20-10-6-16-35(41)36-17-7-11-21-42(36)58/h1-29,33,39H. The normalized spacial score (nSPS) is 16.3. The van der Waals surface area contributed by atoms with E-state index in [4.69, 9.17) is 17.5 Å². The molecular formula is C52H31N7S3. The van der Waals surface area contributed by atoms with Gasteiger partial charge in [-0.2, -0.15) is 17.5 Å². The Morgan fingerprint density at radius 2 is 1.13 bits per heavy atom. The Balaban J connectivity index is 0.995. The average molecular weight is 850 g/mol. The van der Waals surface area contributed by atoms with Crippen LogP contribution in [0.2, 0.25) is 0 Å². The van der Waals surface area contributed by atoms with Crippen molar-refractivity contribution in [1.82, 2.24) is 17.9 Å². The Kier molecular flexibility index (Phi) is 7.30. The number of hydrogen-bond donors (Lipinski definition) is 0. The fraction of sp³-hybridized carbons (Fsp3) is 0.0385. The molecule has 6 heterocycles. The van der Waals surface area contributed by atoms with Crippen molar-refractivity contribution in [2.75, 3.05) is 4.90 Å². The van der Waals surface area contributed by atoms with E-state index < -0.39 is 0 Å². The number of fused-ring (bicyclic) bond motifs is 11. The Bertz CT molecular complexity index is 3790. The Labute approximate surface area is 367 Å². The summed E-state index contributed by atoms with van der Waals surface area (Å²) in [5, 5.41) is 6.02. The molecule has 7 aromatic carbocycles. The van der Waals surface area contributed by atoms with Gasteiger partial charge in [0.05, 0.1) is 51.2 Å². The number of rotatable bonds is 5. The number of nitrogens with zero attached hydrogens (tertiary/aromatic N) is 7. The van der Waals surface area contributed by atoms with Crippen molar-refractivity contribution in [2.45, 2.75) is 12.0 Å². The Hall–Kier alpha value is -7.24. The van der Waals surface area contributed by atoms with Gasteiger partial charge in [-0.3, -0.25) is 0 Å². The number of anilines is 2. The average Bonchev–Trinajstić information content (AvgIpc) is 4.20. The van der Waals surface area contributed by atoms with Crippen LogP contribution in [-0.2, 0) is 11.4 Å². The van der Waals surface area contributed by atoms with Crippen molar-refractivity contribution in [3.8, 4) is 32.3 Å². The number of allylic oxidation sites excluding steroid dienone is 2. The maximum absolute atomic E-state index is 4.90. The maximum atomic E-state index is 4.90. The first-order valence-corrected chi connectivity index (χ1v) is 22.9. The van der Waals surface area contributed by atoms with Crippen molar-refractivity contribution in [3.05, 3.63) is 182 Å². The van der Waals surface area contributed by atoms with Crippen LogP contribution in [0.5, 0.6) is 0 Å². The van der Waals surface area contributed by atoms with E-state index in [9.17, 15) is 0 Å². The molecule has 7 nitrogen and oxygen atoms in total. The molecule has 0 fully saturated rings. The molecule has 4 aromatic heterocycles. The minimum atomic E-state index is 0.207. The molecule has 0 bridgehead atoms. The van der Waals surface area contributed by atoms with E-state index in [0.29, 0.717) is 5.92 Å². The molecule has 0 spiro atoms. The highest BCUT2D eigenvalue weighted by molar-refractivity contribution is 7.58. The van der Waals surface area contributed by atoms with Crippen LogP contribution in [0.15, 0.2) is 185 Å². The summed E-state index contributed by atoms with van der Waals surface area (Å²) in [5.41, 5.74) is 16.1. The van der Waals surface area contributed by atoms with Gasteiger partial charge in [0.25, 0.3) is 0 Å². The second kappa shape index (κ2) is 13.1. The molecule has 0 amide bonds. The van der Waals surface area contributed by atoms with Gasteiger partial charge in [0.15, 0.2) is 0 Å². The number of aromatic nitrogens is 4. The fourth-order valence-corrected chi connectivity index (χ4v) is 12.5. The third-order valence-electron chi connectivity index (χ3n) is 12.9. The van der Waals surface area contributed by atoms with Gasteiger partial charge >= 0.3 is 0 Å². The summed E-state index contributed by atoms with van der Waals surface area (Å²) in [6, 6.07) is 55.4. The summed E-state index contributed by atoms with van der Waals surface area (Å²) in [7, 11) is 0. The van der Waals surface area contributed by atoms with Crippen LogP contribution in [0.3, 0.4) is 0 Å². The number of hydrogen-bond acceptors (Lipinski definition) is 7. The number of benzene rings is 7. The molecule has 2 unspecified atom stereocenters. The highest BCUT2D eigenvalue weighted by Crippen LogP contribution is 2.54. The summed E-state index contributed by atoms with van der Waals surface area (Å²) < 4.78 is 24.4. The van der Waals surface area contributed by atoms with Crippen LogP contribution in [-0.4, -0.2) is 23.9 Å². The lowest BCUT2D eigenvalue weighted by atomic mass is 9.91. The van der Waals surface area contributed by atoms with E-state index in [1.54, 1.807) is 11.3 Å². The highest BCUT2D eigenvalue weighted by Gasteiger charge is 2.37. The molecular weight excluding hydrogens is 819 g/mol. The first-order valence-electron chi connectivity index (χ1n) is 20.6. The lowest BCUT2D eigenvalue weighted by molar-refractivity contribution is 0.745. The second-order valence-electron chi connectivity index (χ2n) is 16.0. The first kappa shape index (κ1) is 34.5. The van der Waals surface area contributed by atoms with Gasteiger partial charge < -0.3 is 14.0 Å². The Morgan fingerprint density at radius 1 is 0.500 bits per heavy atom. The van der Waals surface area contributed by atoms with Crippen LogP contribution >= 0.6 is 23.1 Å². The molecule has 1 aliphatic carbocycles. The van der Waals surface area contributed by atoms with Gasteiger partial charge in [-0.05, 0) is 77.9 Å². The lowest BCUT2D eigenvalue weighted by Gasteiger charge is -2.28. The zero-order chi connectivity index (χ0) is 40.5. The SMILES string of the molecule is C1=CC2c3ccccc3N(c3ccc4c(c3)c3cc(-n5c6ccccc6c6ccccc65)ccc3n4-c3ccc(-c4c5c(c(-c6ccccc6)c6nsnc46)N=S=N5)s3)C2C=C1. The van der Waals surface area contributed by atoms with E-state index in [-0.39, 0.29) is 6.04 Å². The van der Waals surface area contributed by atoms with E-state index >= 15 is 0 Å². The molecule has 14 rings (SSSR count). The summed E-state index contributed by atoms with van der Waals surface area (Å²) in [6.45, 7) is 0. The van der Waals surface area contributed by atoms with Gasteiger partial charge in [0.2, 0.25) is 0 Å². The summed E-state index contributed by atoms with van der Waals surface area (Å²) in [6.07, 6.45) is 9.08. The van der Waals surface area contributed by atoms with Gasteiger partial charge in [-0.15, -0.1) is 11.3 Å². The van der Waals surface area contributed by atoms with Gasteiger partial charge in [-0.1, -0.05) is 109 Å². The molecule has 2 aliphatic heterocycles. The van der Waals surface area contributed by atoms with E-state index in [1.807, 2.05) is 6.07 Å². The van der Waals surface area contributed by atoms with E-state index in [2.05, 4.69) is 184 Å². The van der Waals surface area contributed by atoms with Crippen molar-refractivity contribution in [1.29, 1.82) is 0 Å². The third kappa shape index (κ3) is 4.79. The van der Waals surface area contributed by atoms with E-state index in [1.165, 1.54) is 72.6 Å². The summed E-state index contributed by atoms with van der Waals surface area (Å²) in [5.74, 6) is 0.306. The molecule has 0 saturated heterocycles. The summed E-state index contributed by atoms with van der Waals surface area (Å²) in [4.78, 5) is 3.61. The molecule has 0 saturated carbocycles. The monoisotopic (exact) mass is 849 g/mol. The van der Waals surface area contributed by atoms with Crippen molar-refractivity contribution < 1.29 is 0 Å². The minimum absolute atomic E-state index is 0.207. The van der Waals surface area contributed by atoms with Gasteiger partial charge in [-0.25, -0.2) is 0 Å². The molecule has 62 heavy (non-hydrogen) atoms. The van der Waals surface area contributed by atoms with Crippen molar-refractivity contribution in [3.63, 3.8) is 0 Å². The zero-order valence-corrected chi connectivity index (χ0v) is 35.2. The minimum Gasteiger partial charge on any atom is -0.333 e. The van der Waals surface area contributed by atoms with Gasteiger partial charge in [0, 0.05) is 60.5 Å².